The van der Waals surface area contributed by atoms with Crippen molar-refractivity contribution in [3.05, 3.63) is 221 Å². The van der Waals surface area contributed by atoms with Gasteiger partial charge in [-0.25, -0.2) is 0 Å². The zero-order chi connectivity index (χ0) is 39.5. The zero-order valence-electron chi connectivity index (χ0n) is 34.1. The third-order valence-corrected chi connectivity index (χ3v) is 14.0. The van der Waals surface area contributed by atoms with Crippen molar-refractivity contribution in [2.45, 2.75) is 56.3 Å². The molecule has 4 aliphatic carbocycles. The van der Waals surface area contributed by atoms with Crippen LogP contribution < -0.4 is 4.90 Å². The van der Waals surface area contributed by atoms with Crippen molar-refractivity contribution in [1.29, 1.82) is 0 Å². The van der Waals surface area contributed by atoms with Crippen molar-refractivity contribution in [1.82, 2.24) is 0 Å². The molecule has 4 aliphatic rings. The third-order valence-electron chi connectivity index (χ3n) is 14.0. The lowest BCUT2D eigenvalue weighted by atomic mass is 9.70. The van der Waals surface area contributed by atoms with Gasteiger partial charge in [-0.2, -0.15) is 0 Å². The van der Waals surface area contributed by atoms with Crippen LogP contribution in [0.15, 0.2) is 182 Å². The van der Waals surface area contributed by atoms with E-state index in [-0.39, 0.29) is 5.41 Å². The van der Waals surface area contributed by atoms with Crippen LogP contribution in [-0.4, -0.2) is 0 Å². The van der Waals surface area contributed by atoms with E-state index in [0.29, 0.717) is 0 Å². The molecule has 0 bridgehead atoms. The monoisotopic (exact) mass is 744 g/mol. The summed E-state index contributed by atoms with van der Waals surface area (Å²) in [6, 6.07) is 68.3. The molecule has 1 heteroatoms. The molecule has 0 saturated heterocycles. The molecule has 58 heavy (non-hydrogen) atoms. The van der Waals surface area contributed by atoms with Gasteiger partial charge in [-0.05, 0) is 139 Å². The van der Waals surface area contributed by atoms with Crippen LogP contribution in [0.5, 0.6) is 0 Å². The fourth-order valence-corrected chi connectivity index (χ4v) is 11.3. The van der Waals surface area contributed by atoms with E-state index < -0.39 is 11.3 Å². The smallest absolute Gasteiger partial charge is 0.0726 e. The van der Waals surface area contributed by atoms with E-state index >= 15 is 0 Å². The van der Waals surface area contributed by atoms with E-state index in [4.69, 9.17) is 0 Å². The number of rotatable bonds is 5. The lowest BCUT2D eigenvalue weighted by Crippen LogP contribution is -2.26. The van der Waals surface area contributed by atoms with Gasteiger partial charge in [0.15, 0.2) is 0 Å². The average Bonchev–Trinajstić information content (AvgIpc) is 4.01. The predicted octanol–water partition coefficient (Wildman–Crippen LogP) is 15.1. The summed E-state index contributed by atoms with van der Waals surface area (Å²) >= 11 is 0. The second-order valence-electron chi connectivity index (χ2n) is 17.3. The van der Waals surface area contributed by atoms with Gasteiger partial charge >= 0.3 is 0 Å². The molecule has 1 spiro atoms. The summed E-state index contributed by atoms with van der Waals surface area (Å²) in [4.78, 5) is 2.47. The highest BCUT2D eigenvalue weighted by molar-refractivity contribution is 5.96. The Kier molecular flexibility index (Phi) is 7.05. The van der Waals surface area contributed by atoms with Crippen LogP contribution in [0.25, 0.3) is 44.5 Å². The maximum Gasteiger partial charge on any atom is 0.0726 e. The maximum absolute atomic E-state index is 9.21. The third kappa shape index (κ3) is 4.65. The van der Waals surface area contributed by atoms with E-state index in [0.717, 1.165) is 48.3 Å². The molecule has 0 amide bonds. The maximum atomic E-state index is 9.21. The van der Waals surface area contributed by atoms with Crippen LogP contribution in [0.2, 0.25) is 0 Å². The first-order valence-corrected chi connectivity index (χ1v) is 21.1. The van der Waals surface area contributed by atoms with Gasteiger partial charge in [-0.3, -0.25) is 0 Å². The molecule has 0 N–H and O–H groups in total. The Morgan fingerprint density at radius 2 is 0.914 bits per heavy atom. The molecule has 1 nitrogen and oxygen atoms in total. The highest BCUT2D eigenvalue weighted by Crippen LogP contribution is 2.63. The van der Waals surface area contributed by atoms with Crippen LogP contribution in [0.3, 0.4) is 0 Å². The number of hydrogen-bond acceptors (Lipinski definition) is 1. The molecule has 0 aromatic heterocycles. The first kappa shape index (κ1) is 32.6. The largest absolute Gasteiger partial charge is 0.310 e. The van der Waals surface area contributed by atoms with Crippen LogP contribution in [-0.2, 0) is 10.8 Å². The first-order chi connectivity index (χ1) is 28.9. The van der Waals surface area contributed by atoms with Gasteiger partial charge in [-0.1, -0.05) is 172 Å². The van der Waals surface area contributed by atoms with E-state index in [1.807, 2.05) is 0 Å². The standard InChI is InChI=1S/C57H45N/c1-56(2)50-22-9-5-21-47(50)49-35-42(31-33-51(49)56)58(41-28-26-38(27-29-41)40-17-13-16-39(34-40)37-14-3-4-15-37)43-30-32-48-46-20-8-12-25-54(46)57(55(48)36-43)52-23-10-6-18-44(52)45-19-7-11-24-53(45)57/h5-13,16-37H,3-4,14-15H2,1-2H3/i37D. The molecule has 1 fully saturated rings. The predicted molar refractivity (Wildman–Crippen MR) is 242 cm³/mol. The number of benzene rings is 8. The minimum Gasteiger partial charge on any atom is -0.310 e. The summed E-state index contributed by atoms with van der Waals surface area (Å²) in [5.74, 6) is -0.474. The number of fused-ring (bicyclic) bond motifs is 13. The summed E-state index contributed by atoms with van der Waals surface area (Å²) in [6.45, 7) is 4.71. The Balaban J connectivity index is 1.06. The van der Waals surface area contributed by atoms with Crippen LogP contribution in [0, 0.1) is 0 Å². The topological polar surface area (TPSA) is 3.24 Å². The summed E-state index contributed by atoms with van der Waals surface area (Å²) in [6.07, 6.45) is 4.16. The van der Waals surface area contributed by atoms with Crippen molar-refractivity contribution in [3.63, 3.8) is 0 Å². The van der Waals surface area contributed by atoms with E-state index in [9.17, 15) is 1.37 Å². The fraction of sp³-hybridized carbons (Fsp3) is 0.158. The molecule has 0 radical (unpaired) electrons. The molecule has 0 aliphatic heterocycles. The molecular formula is C57H45N. The lowest BCUT2D eigenvalue weighted by Gasteiger charge is -2.32. The Hall–Kier alpha value is -6.44. The van der Waals surface area contributed by atoms with Gasteiger partial charge in [0.05, 0.1) is 5.41 Å². The quantitative estimate of drug-likeness (QED) is 0.170. The van der Waals surface area contributed by atoms with Crippen LogP contribution in [0.4, 0.5) is 17.1 Å². The first-order valence-electron chi connectivity index (χ1n) is 21.6. The second kappa shape index (κ2) is 12.5. The van der Waals surface area contributed by atoms with Crippen molar-refractivity contribution < 1.29 is 1.37 Å². The Labute approximate surface area is 343 Å². The number of hydrogen-bond donors (Lipinski definition) is 0. The highest BCUT2D eigenvalue weighted by Gasteiger charge is 2.51. The van der Waals surface area contributed by atoms with Gasteiger partial charge in [0.1, 0.15) is 0 Å². The molecular weight excluding hydrogens is 699 g/mol. The van der Waals surface area contributed by atoms with Gasteiger partial charge in [0.2, 0.25) is 0 Å². The number of anilines is 3. The van der Waals surface area contributed by atoms with Crippen LogP contribution in [0.1, 0.15) is 85.7 Å². The van der Waals surface area contributed by atoms with Gasteiger partial charge in [-0.15, -0.1) is 0 Å². The highest BCUT2D eigenvalue weighted by atomic mass is 15.1. The zero-order valence-corrected chi connectivity index (χ0v) is 33.1. The molecule has 0 atom stereocenters. The fourth-order valence-electron chi connectivity index (χ4n) is 11.3. The van der Waals surface area contributed by atoms with Crippen molar-refractivity contribution in [2.75, 3.05) is 4.90 Å². The molecule has 0 heterocycles. The summed E-state index contributed by atoms with van der Waals surface area (Å²) in [5, 5.41) is 0. The van der Waals surface area contributed by atoms with E-state index in [1.54, 1.807) is 0 Å². The van der Waals surface area contributed by atoms with Crippen molar-refractivity contribution >= 4 is 17.1 Å². The minimum atomic E-state index is -0.474. The minimum absolute atomic E-state index is 0.0728. The normalized spacial score (nSPS) is 16.8. The molecule has 12 rings (SSSR count). The SMILES string of the molecule is [2H]C1(c2cccc(-c3ccc(N(c4ccc5c(c4)-c4ccccc4C5(C)C)c4ccc5c(c4)C4(c6ccccc6-c6ccccc64)c4ccccc4-5)cc3)c2)CCCC1. The Morgan fingerprint density at radius 3 is 1.55 bits per heavy atom. The summed E-state index contributed by atoms with van der Waals surface area (Å²) < 4.78 is 9.21. The Bertz CT molecular complexity index is 2940. The van der Waals surface area contributed by atoms with Crippen molar-refractivity contribution in [2.24, 2.45) is 0 Å². The van der Waals surface area contributed by atoms with E-state index in [2.05, 4.69) is 201 Å². The van der Waals surface area contributed by atoms with Gasteiger partial charge in [0.25, 0.3) is 0 Å². The molecule has 8 aromatic rings. The van der Waals surface area contributed by atoms with Gasteiger partial charge < -0.3 is 4.90 Å². The Morgan fingerprint density at radius 1 is 0.414 bits per heavy atom. The van der Waals surface area contributed by atoms with Crippen LogP contribution >= 0.6 is 0 Å². The molecule has 0 unspecified atom stereocenters. The van der Waals surface area contributed by atoms with Crippen molar-refractivity contribution in [3.8, 4) is 44.5 Å². The molecule has 1 saturated carbocycles. The van der Waals surface area contributed by atoms with E-state index in [1.165, 1.54) is 77.9 Å². The number of nitrogens with zero attached hydrogens (tertiary/aromatic N) is 1. The summed E-state index contributed by atoms with van der Waals surface area (Å²) in [5.41, 5.74) is 22.4. The summed E-state index contributed by atoms with van der Waals surface area (Å²) in [7, 11) is 0. The second-order valence-corrected chi connectivity index (χ2v) is 17.3. The molecule has 8 aromatic carbocycles. The lowest BCUT2D eigenvalue weighted by molar-refractivity contribution is 0.660. The van der Waals surface area contributed by atoms with Gasteiger partial charge in [0, 0.05) is 23.8 Å². The molecule has 278 valence electrons. The average molecular weight is 745 g/mol.